The van der Waals surface area contributed by atoms with Crippen LogP contribution in [0.2, 0.25) is 0 Å². The highest BCUT2D eigenvalue weighted by atomic mass is 32.1. The van der Waals surface area contributed by atoms with Crippen LogP contribution < -0.4 is 5.32 Å². The zero-order valence-electron chi connectivity index (χ0n) is 15.5. The van der Waals surface area contributed by atoms with Crippen molar-refractivity contribution in [2.45, 2.75) is 63.8 Å². The predicted octanol–water partition coefficient (Wildman–Crippen LogP) is 4.13. The molecule has 1 N–H and O–H groups in total. The molecule has 0 bridgehead atoms. The van der Waals surface area contributed by atoms with E-state index in [1.807, 2.05) is 4.90 Å². The second-order valence-corrected chi connectivity index (χ2v) is 9.25. The number of thiophene rings is 1. The normalized spacial score (nSPS) is 23.6. The number of rotatable bonds is 5. The Hall–Kier alpha value is -1.36. The summed E-state index contributed by atoms with van der Waals surface area (Å²) in [6, 6.07) is 4.43. The van der Waals surface area contributed by atoms with E-state index in [0.717, 1.165) is 38.8 Å². The molecule has 1 aromatic heterocycles. The zero-order chi connectivity index (χ0) is 17.9. The molecule has 5 heteroatoms. The van der Waals surface area contributed by atoms with E-state index in [1.54, 1.807) is 11.3 Å². The first-order valence-corrected chi connectivity index (χ1v) is 11.2. The molecular formula is C21H30N2O2S. The lowest BCUT2D eigenvalue weighted by atomic mass is 9.83. The largest absolute Gasteiger partial charge is 0.348 e. The van der Waals surface area contributed by atoms with Crippen molar-refractivity contribution in [1.82, 2.24) is 10.2 Å². The molecule has 1 saturated heterocycles. The first kappa shape index (κ1) is 18.0. The number of carbonyl (C=O) groups is 2. The maximum absolute atomic E-state index is 13.0. The average Bonchev–Trinajstić information content (AvgIpc) is 3.41. The molecule has 3 aliphatic rings. The Bertz CT molecular complexity index is 612. The molecule has 4 nitrogen and oxygen atoms in total. The lowest BCUT2D eigenvalue weighted by Crippen LogP contribution is -2.45. The van der Waals surface area contributed by atoms with Crippen molar-refractivity contribution in [1.29, 1.82) is 0 Å². The molecule has 0 radical (unpaired) electrons. The van der Waals surface area contributed by atoms with Crippen LogP contribution in [0, 0.1) is 17.8 Å². The van der Waals surface area contributed by atoms with Crippen molar-refractivity contribution in [3.05, 3.63) is 22.4 Å². The molecule has 26 heavy (non-hydrogen) atoms. The topological polar surface area (TPSA) is 49.4 Å². The van der Waals surface area contributed by atoms with Crippen LogP contribution in [0.3, 0.4) is 0 Å². The Morgan fingerprint density at radius 1 is 1.00 bits per heavy atom. The molecule has 3 fully saturated rings. The van der Waals surface area contributed by atoms with E-state index in [1.165, 1.54) is 37.0 Å². The average molecular weight is 375 g/mol. The Kier molecular flexibility index (Phi) is 5.63. The molecule has 0 spiro atoms. The van der Waals surface area contributed by atoms with Crippen LogP contribution in [-0.4, -0.2) is 29.8 Å². The summed E-state index contributed by atoms with van der Waals surface area (Å²) in [5.74, 6) is 1.44. The number of hydrogen-bond acceptors (Lipinski definition) is 3. The van der Waals surface area contributed by atoms with E-state index < -0.39 is 0 Å². The number of hydrogen-bond donors (Lipinski definition) is 1. The summed E-state index contributed by atoms with van der Waals surface area (Å²) in [6.45, 7) is 1.50. The van der Waals surface area contributed by atoms with Crippen LogP contribution in [0.1, 0.15) is 68.7 Å². The van der Waals surface area contributed by atoms with E-state index in [2.05, 4.69) is 22.8 Å². The van der Waals surface area contributed by atoms with Gasteiger partial charge in [0.05, 0.1) is 6.04 Å². The van der Waals surface area contributed by atoms with Gasteiger partial charge in [-0.1, -0.05) is 25.3 Å². The molecule has 1 atom stereocenters. The molecule has 142 valence electrons. The first-order chi connectivity index (χ1) is 12.7. The van der Waals surface area contributed by atoms with Gasteiger partial charge in [0.25, 0.3) is 0 Å². The van der Waals surface area contributed by atoms with Gasteiger partial charge in [-0.05, 0) is 55.9 Å². The highest BCUT2D eigenvalue weighted by Gasteiger charge is 2.36. The number of likely N-dealkylation sites (tertiary alicyclic amines) is 1. The summed E-state index contributed by atoms with van der Waals surface area (Å²) in [5.41, 5.74) is 0. The van der Waals surface area contributed by atoms with Crippen molar-refractivity contribution in [2.24, 2.45) is 17.8 Å². The van der Waals surface area contributed by atoms with Gasteiger partial charge in [0.15, 0.2) is 0 Å². The van der Waals surface area contributed by atoms with E-state index in [0.29, 0.717) is 11.8 Å². The smallest absolute Gasteiger partial charge is 0.225 e. The number of nitrogens with zero attached hydrogens (tertiary/aromatic N) is 1. The van der Waals surface area contributed by atoms with E-state index in [4.69, 9.17) is 0 Å². The molecule has 0 aromatic carbocycles. The fourth-order valence-corrected chi connectivity index (χ4v) is 5.45. The van der Waals surface area contributed by atoms with Gasteiger partial charge in [0.1, 0.15) is 0 Å². The third-order valence-corrected chi connectivity index (χ3v) is 7.33. The van der Waals surface area contributed by atoms with Crippen LogP contribution in [0.25, 0.3) is 0 Å². The minimum Gasteiger partial charge on any atom is -0.348 e. The van der Waals surface area contributed by atoms with Gasteiger partial charge in [-0.15, -0.1) is 11.3 Å². The minimum atomic E-state index is 0.0595. The highest BCUT2D eigenvalue weighted by molar-refractivity contribution is 7.10. The minimum absolute atomic E-state index is 0.0595. The van der Waals surface area contributed by atoms with Crippen molar-refractivity contribution >= 4 is 23.2 Å². The van der Waals surface area contributed by atoms with Crippen LogP contribution in [0.15, 0.2) is 17.5 Å². The second-order valence-electron chi connectivity index (χ2n) is 8.27. The van der Waals surface area contributed by atoms with Gasteiger partial charge in [0.2, 0.25) is 11.8 Å². The third kappa shape index (κ3) is 4.13. The molecule has 1 unspecified atom stereocenters. The molecule has 4 rings (SSSR count). The number of carbonyl (C=O) groups excluding carboxylic acids is 2. The highest BCUT2D eigenvalue weighted by Crippen LogP contribution is 2.37. The zero-order valence-corrected chi connectivity index (χ0v) is 16.3. The fraction of sp³-hybridized carbons (Fsp3) is 0.714. The summed E-state index contributed by atoms with van der Waals surface area (Å²) in [5, 5.41) is 5.52. The third-order valence-electron chi connectivity index (χ3n) is 6.37. The monoisotopic (exact) mass is 374 g/mol. The van der Waals surface area contributed by atoms with Gasteiger partial charge < -0.3 is 10.2 Å². The Balaban J connectivity index is 1.35. The Morgan fingerprint density at radius 3 is 2.35 bits per heavy atom. The predicted molar refractivity (Wildman–Crippen MR) is 104 cm³/mol. The first-order valence-electron chi connectivity index (χ1n) is 10.3. The molecule has 1 aromatic rings. The van der Waals surface area contributed by atoms with Crippen LogP contribution in [0.5, 0.6) is 0 Å². The van der Waals surface area contributed by atoms with Crippen molar-refractivity contribution in [2.75, 3.05) is 13.1 Å². The summed E-state index contributed by atoms with van der Waals surface area (Å²) in [6.07, 6.45) is 10.1. The second kappa shape index (κ2) is 8.12. The summed E-state index contributed by atoms with van der Waals surface area (Å²) in [7, 11) is 0. The SMILES string of the molecule is O=C(NC(c1cccs1)C1CCCCC1)C1CCN(C(=O)C2CC2)CC1. The lowest BCUT2D eigenvalue weighted by Gasteiger charge is -2.34. The number of piperidine rings is 1. The van der Waals surface area contributed by atoms with Gasteiger partial charge in [-0.3, -0.25) is 9.59 Å². The molecular weight excluding hydrogens is 344 g/mol. The van der Waals surface area contributed by atoms with Gasteiger partial charge >= 0.3 is 0 Å². The quantitative estimate of drug-likeness (QED) is 0.842. The maximum atomic E-state index is 13.0. The maximum Gasteiger partial charge on any atom is 0.225 e. The van der Waals surface area contributed by atoms with Gasteiger partial charge in [-0.2, -0.15) is 0 Å². The van der Waals surface area contributed by atoms with Crippen LogP contribution in [-0.2, 0) is 9.59 Å². The van der Waals surface area contributed by atoms with Gasteiger partial charge in [0, 0.05) is 29.8 Å². The lowest BCUT2D eigenvalue weighted by molar-refractivity contribution is -0.137. The van der Waals surface area contributed by atoms with Crippen molar-refractivity contribution < 1.29 is 9.59 Å². The number of amides is 2. The van der Waals surface area contributed by atoms with E-state index in [-0.39, 0.29) is 23.8 Å². The molecule has 2 amide bonds. The van der Waals surface area contributed by atoms with Crippen LogP contribution >= 0.6 is 11.3 Å². The number of nitrogens with one attached hydrogen (secondary N) is 1. The summed E-state index contributed by atoms with van der Waals surface area (Å²) < 4.78 is 0. The molecule has 2 saturated carbocycles. The van der Waals surface area contributed by atoms with E-state index in [9.17, 15) is 9.59 Å². The van der Waals surface area contributed by atoms with Crippen LogP contribution in [0.4, 0.5) is 0 Å². The van der Waals surface area contributed by atoms with Crippen molar-refractivity contribution in [3.63, 3.8) is 0 Å². The van der Waals surface area contributed by atoms with E-state index >= 15 is 0 Å². The standard InChI is InChI=1S/C21H30N2O2S/c24-20(16-10-12-23(13-11-16)21(25)17-8-9-17)22-19(18-7-4-14-26-18)15-5-2-1-3-6-15/h4,7,14-17,19H,1-3,5-6,8-13H2,(H,22,24). The summed E-state index contributed by atoms with van der Waals surface area (Å²) >= 11 is 1.76. The molecule has 1 aliphatic heterocycles. The Labute approximate surface area is 160 Å². The molecule has 2 heterocycles. The summed E-state index contributed by atoms with van der Waals surface area (Å²) in [4.78, 5) is 28.4. The fourth-order valence-electron chi connectivity index (χ4n) is 4.58. The van der Waals surface area contributed by atoms with Crippen molar-refractivity contribution in [3.8, 4) is 0 Å². The molecule has 2 aliphatic carbocycles. The Morgan fingerprint density at radius 2 is 1.73 bits per heavy atom. The van der Waals surface area contributed by atoms with Gasteiger partial charge in [-0.25, -0.2) is 0 Å².